The van der Waals surface area contributed by atoms with Crippen molar-refractivity contribution < 1.29 is 14.7 Å². The van der Waals surface area contributed by atoms with Crippen molar-refractivity contribution in [1.82, 2.24) is 10.2 Å². The molecule has 1 saturated heterocycles. The van der Waals surface area contributed by atoms with Gasteiger partial charge in [0.05, 0.1) is 6.10 Å². The first-order valence-corrected chi connectivity index (χ1v) is 8.17. The molecule has 1 heterocycles. The second-order valence-electron chi connectivity index (χ2n) is 6.43. The number of likely N-dealkylation sites (tertiary alicyclic amines) is 1. The predicted molar refractivity (Wildman–Crippen MR) is 82.7 cm³/mol. The molecule has 0 radical (unpaired) electrons. The Kier molecular flexibility index (Phi) is 7.72. The normalized spacial score (nSPS) is 17.9. The first-order chi connectivity index (χ1) is 9.93. The Morgan fingerprint density at radius 3 is 2.43 bits per heavy atom. The molecule has 5 heteroatoms. The molecule has 1 unspecified atom stereocenters. The molecule has 122 valence electrons. The van der Waals surface area contributed by atoms with Gasteiger partial charge in [0, 0.05) is 32.0 Å². The molecule has 0 aromatic heterocycles. The third-order valence-corrected chi connectivity index (χ3v) is 3.94. The molecule has 5 nitrogen and oxygen atoms in total. The van der Waals surface area contributed by atoms with Crippen LogP contribution in [0.3, 0.4) is 0 Å². The minimum atomic E-state index is -0.472. The Labute approximate surface area is 128 Å². The smallest absolute Gasteiger partial charge is 0.223 e. The second kappa shape index (κ2) is 9.03. The lowest BCUT2D eigenvalue weighted by Gasteiger charge is -2.31. The van der Waals surface area contributed by atoms with Crippen LogP contribution in [0.25, 0.3) is 0 Å². The average Bonchev–Trinajstić information content (AvgIpc) is 2.44. The molecular weight excluding hydrogens is 268 g/mol. The Morgan fingerprint density at radius 1 is 1.29 bits per heavy atom. The first-order valence-electron chi connectivity index (χ1n) is 8.17. The molecule has 21 heavy (non-hydrogen) atoms. The van der Waals surface area contributed by atoms with Gasteiger partial charge in [-0.2, -0.15) is 0 Å². The highest BCUT2D eigenvalue weighted by Gasteiger charge is 2.27. The maximum absolute atomic E-state index is 12.1. The fourth-order valence-corrected chi connectivity index (χ4v) is 2.75. The summed E-state index contributed by atoms with van der Waals surface area (Å²) in [6.45, 7) is 7.77. The van der Waals surface area contributed by atoms with Crippen LogP contribution in [0.5, 0.6) is 0 Å². The Bertz CT molecular complexity index is 336. The van der Waals surface area contributed by atoms with Gasteiger partial charge in [0.1, 0.15) is 0 Å². The summed E-state index contributed by atoms with van der Waals surface area (Å²) in [4.78, 5) is 25.7. The van der Waals surface area contributed by atoms with Gasteiger partial charge in [-0.15, -0.1) is 0 Å². The molecule has 0 aromatic rings. The molecule has 2 N–H and O–H groups in total. The van der Waals surface area contributed by atoms with Gasteiger partial charge in [0.25, 0.3) is 0 Å². The summed E-state index contributed by atoms with van der Waals surface area (Å²) in [6.07, 6.45) is 3.14. The number of rotatable bonds is 7. The maximum atomic E-state index is 12.1. The number of amides is 2. The molecule has 0 aliphatic carbocycles. The van der Waals surface area contributed by atoms with Crippen LogP contribution in [0.1, 0.15) is 52.9 Å². The Hall–Kier alpha value is -1.10. The van der Waals surface area contributed by atoms with Crippen LogP contribution in [-0.4, -0.2) is 47.6 Å². The van der Waals surface area contributed by atoms with Crippen LogP contribution in [0, 0.1) is 11.8 Å². The minimum absolute atomic E-state index is 0.0143. The van der Waals surface area contributed by atoms with Crippen molar-refractivity contribution in [3.63, 3.8) is 0 Å². The van der Waals surface area contributed by atoms with Crippen LogP contribution in [0.15, 0.2) is 0 Å². The summed E-state index contributed by atoms with van der Waals surface area (Å²) in [5.41, 5.74) is 0. The summed E-state index contributed by atoms with van der Waals surface area (Å²) in [5.74, 6) is 0.607. The van der Waals surface area contributed by atoms with E-state index >= 15 is 0 Å². The predicted octanol–water partition coefficient (Wildman–Crippen LogP) is 1.55. The van der Waals surface area contributed by atoms with Gasteiger partial charge in [0.2, 0.25) is 11.8 Å². The average molecular weight is 298 g/mol. The van der Waals surface area contributed by atoms with Crippen LogP contribution in [-0.2, 0) is 9.59 Å². The van der Waals surface area contributed by atoms with Gasteiger partial charge in [-0.1, -0.05) is 20.8 Å². The molecule has 1 fully saturated rings. The lowest BCUT2D eigenvalue weighted by atomic mass is 9.95. The van der Waals surface area contributed by atoms with E-state index in [9.17, 15) is 14.7 Å². The van der Waals surface area contributed by atoms with E-state index in [-0.39, 0.29) is 17.7 Å². The van der Waals surface area contributed by atoms with Crippen molar-refractivity contribution in [1.29, 1.82) is 0 Å². The van der Waals surface area contributed by atoms with Crippen molar-refractivity contribution in [2.75, 3.05) is 19.6 Å². The topological polar surface area (TPSA) is 69.6 Å². The van der Waals surface area contributed by atoms with E-state index in [0.29, 0.717) is 38.4 Å². The summed E-state index contributed by atoms with van der Waals surface area (Å²) in [5, 5.41) is 12.6. The number of aliphatic hydroxyl groups is 1. The number of carbonyl (C=O) groups excluding carboxylic acids is 2. The van der Waals surface area contributed by atoms with E-state index < -0.39 is 6.10 Å². The second-order valence-corrected chi connectivity index (χ2v) is 6.43. The third kappa shape index (κ3) is 6.46. The number of nitrogens with one attached hydrogen (secondary N) is 1. The zero-order valence-corrected chi connectivity index (χ0v) is 13.6. The minimum Gasteiger partial charge on any atom is -0.391 e. The maximum Gasteiger partial charge on any atom is 0.223 e. The van der Waals surface area contributed by atoms with Crippen molar-refractivity contribution >= 4 is 11.8 Å². The van der Waals surface area contributed by atoms with Crippen LogP contribution < -0.4 is 5.32 Å². The summed E-state index contributed by atoms with van der Waals surface area (Å²) >= 11 is 0. The number of piperidine rings is 1. The summed E-state index contributed by atoms with van der Waals surface area (Å²) in [7, 11) is 0. The highest BCUT2D eigenvalue weighted by molar-refractivity contribution is 5.80. The van der Waals surface area contributed by atoms with Gasteiger partial charge < -0.3 is 15.3 Å². The molecule has 0 spiro atoms. The van der Waals surface area contributed by atoms with Crippen molar-refractivity contribution in [2.24, 2.45) is 11.8 Å². The standard InChI is InChI=1S/C16H30N2O3/c1-4-5-15(20)18-8-6-13(7-9-18)16(21)17-11-14(19)10-12(2)3/h12-14,19H,4-11H2,1-3H3,(H,17,21). The van der Waals surface area contributed by atoms with Crippen LogP contribution in [0.2, 0.25) is 0 Å². The van der Waals surface area contributed by atoms with Gasteiger partial charge >= 0.3 is 0 Å². The molecule has 1 aliphatic rings. The Balaban J connectivity index is 2.27. The zero-order chi connectivity index (χ0) is 15.8. The highest BCUT2D eigenvalue weighted by atomic mass is 16.3. The van der Waals surface area contributed by atoms with Crippen LogP contribution in [0.4, 0.5) is 0 Å². The number of hydrogen-bond acceptors (Lipinski definition) is 3. The van der Waals surface area contributed by atoms with E-state index in [1.165, 1.54) is 0 Å². The van der Waals surface area contributed by atoms with Gasteiger partial charge in [0.15, 0.2) is 0 Å². The first kappa shape index (κ1) is 18.0. The zero-order valence-electron chi connectivity index (χ0n) is 13.6. The molecule has 0 saturated carbocycles. The highest BCUT2D eigenvalue weighted by Crippen LogP contribution is 2.18. The number of hydrogen-bond donors (Lipinski definition) is 2. The van der Waals surface area contributed by atoms with Crippen molar-refractivity contribution in [3.8, 4) is 0 Å². The lowest BCUT2D eigenvalue weighted by Crippen LogP contribution is -2.44. The monoisotopic (exact) mass is 298 g/mol. The summed E-state index contributed by atoms with van der Waals surface area (Å²) < 4.78 is 0. The van der Waals surface area contributed by atoms with Crippen LogP contribution >= 0.6 is 0 Å². The SMILES string of the molecule is CCCC(=O)N1CCC(C(=O)NCC(O)CC(C)C)CC1. The number of nitrogens with zero attached hydrogens (tertiary/aromatic N) is 1. The van der Waals surface area contributed by atoms with Gasteiger partial charge in [-0.3, -0.25) is 9.59 Å². The quantitative estimate of drug-likeness (QED) is 0.749. The van der Waals surface area contributed by atoms with E-state index in [1.54, 1.807) is 0 Å². The Morgan fingerprint density at radius 2 is 1.90 bits per heavy atom. The molecular formula is C16H30N2O3. The van der Waals surface area contributed by atoms with Crippen molar-refractivity contribution in [3.05, 3.63) is 0 Å². The molecule has 2 amide bonds. The fourth-order valence-electron chi connectivity index (χ4n) is 2.75. The van der Waals surface area contributed by atoms with E-state index in [1.807, 2.05) is 25.7 Å². The molecule has 1 rings (SSSR count). The molecule has 1 aliphatic heterocycles. The van der Waals surface area contributed by atoms with Gasteiger partial charge in [-0.25, -0.2) is 0 Å². The lowest BCUT2D eigenvalue weighted by molar-refractivity contribution is -0.135. The number of aliphatic hydroxyl groups excluding tert-OH is 1. The van der Waals surface area contributed by atoms with Crippen molar-refractivity contribution in [2.45, 2.75) is 59.0 Å². The molecule has 0 aromatic carbocycles. The third-order valence-electron chi connectivity index (χ3n) is 3.94. The van der Waals surface area contributed by atoms with Gasteiger partial charge in [-0.05, 0) is 31.6 Å². The molecule has 1 atom stereocenters. The van der Waals surface area contributed by atoms with E-state index in [2.05, 4.69) is 5.32 Å². The van der Waals surface area contributed by atoms with E-state index in [4.69, 9.17) is 0 Å². The largest absolute Gasteiger partial charge is 0.391 e. The number of carbonyl (C=O) groups is 2. The van der Waals surface area contributed by atoms with E-state index in [0.717, 1.165) is 19.3 Å². The fraction of sp³-hybridized carbons (Fsp3) is 0.875. The molecule has 0 bridgehead atoms. The summed E-state index contributed by atoms with van der Waals surface area (Å²) in [6, 6.07) is 0.